The molecular weight excluding hydrogens is 500 g/mol. The fourth-order valence-corrected chi connectivity index (χ4v) is 4.90. The molecule has 0 aliphatic carbocycles. The van der Waals surface area contributed by atoms with Crippen LogP contribution in [-0.4, -0.2) is 22.7 Å². The van der Waals surface area contributed by atoms with Crippen molar-refractivity contribution in [2.45, 2.75) is 20.8 Å². The van der Waals surface area contributed by atoms with Gasteiger partial charge in [0.25, 0.3) is 11.8 Å². The van der Waals surface area contributed by atoms with E-state index in [1.165, 1.54) is 11.8 Å². The highest BCUT2D eigenvalue weighted by Gasteiger charge is 2.33. The summed E-state index contributed by atoms with van der Waals surface area (Å²) in [5.74, 6) is 0.0516. The predicted octanol–water partition coefficient (Wildman–Crippen LogP) is 6.69. The number of thiocarbonyl (C=S) groups is 1. The summed E-state index contributed by atoms with van der Waals surface area (Å²) in [6.45, 7) is 5.77. The Balaban J connectivity index is 1.43. The predicted molar refractivity (Wildman–Crippen MR) is 148 cm³/mol. The second-order valence-electron chi connectivity index (χ2n) is 8.16. The summed E-state index contributed by atoms with van der Waals surface area (Å²) in [5, 5.41) is 3.35. The third kappa shape index (κ3) is 5.93. The van der Waals surface area contributed by atoms with Crippen molar-refractivity contribution in [3.8, 4) is 5.75 Å². The van der Waals surface area contributed by atoms with Crippen LogP contribution >= 0.6 is 35.6 Å². The number of hydrogen-bond acceptors (Lipinski definition) is 5. The lowest BCUT2D eigenvalue weighted by molar-refractivity contribution is -0.118. The molecule has 1 aliphatic heterocycles. The number of thioether (sulfide) groups is 1. The Labute approximate surface area is 219 Å². The molecule has 0 saturated carbocycles. The van der Waals surface area contributed by atoms with Crippen LogP contribution in [0.2, 0.25) is 5.02 Å². The van der Waals surface area contributed by atoms with Crippen molar-refractivity contribution in [2.24, 2.45) is 0 Å². The summed E-state index contributed by atoms with van der Waals surface area (Å²) in [7, 11) is 0. The molecule has 4 rings (SSSR count). The third-order valence-corrected chi connectivity index (χ3v) is 7.23. The molecule has 2 amide bonds. The van der Waals surface area contributed by atoms with E-state index in [0.29, 0.717) is 25.7 Å². The summed E-state index contributed by atoms with van der Waals surface area (Å²) >= 11 is 12.9. The van der Waals surface area contributed by atoms with Gasteiger partial charge in [-0.15, -0.1) is 0 Å². The number of halogens is 1. The maximum atomic E-state index is 13.1. The van der Waals surface area contributed by atoms with Gasteiger partial charge in [0, 0.05) is 10.7 Å². The minimum atomic E-state index is -0.301. The molecule has 35 heavy (non-hydrogen) atoms. The lowest BCUT2D eigenvalue weighted by Gasteiger charge is -2.15. The molecule has 8 heteroatoms. The van der Waals surface area contributed by atoms with Crippen molar-refractivity contribution < 1.29 is 14.3 Å². The molecule has 0 aromatic heterocycles. The molecule has 1 saturated heterocycles. The Morgan fingerprint density at radius 1 is 1.06 bits per heavy atom. The van der Waals surface area contributed by atoms with E-state index >= 15 is 0 Å². The molecule has 0 spiro atoms. The van der Waals surface area contributed by atoms with Crippen LogP contribution < -0.4 is 15.0 Å². The standard InChI is InChI=1S/C27H23ClN2O3S2/c1-16-8-10-21(11-18(16)3)30-26(32)24(35-27(30)34)13-19-5-4-6-22(12-19)33-15-25(31)29-20-9-7-17(2)23(28)14-20/h4-14H,15H2,1-3H3,(H,29,31)/b24-13-. The lowest BCUT2D eigenvalue weighted by Crippen LogP contribution is -2.27. The first-order valence-corrected chi connectivity index (χ1v) is 12.5. The minimum Gasteiger partial charge on any atom is -0.484 e. The van der Waals surface area contributed by atoms with E-state index in [0.717, 1.165) is 27.9 Å². The number of hydrogen-bond donors (Lipinski definition) is 1. The number of ether oxygens (including phenoxy) is 1. The number of rotatable bonds is 6. The first-order valence-electron chi connectivity index (χ1n) is 10.9. The van der Waals surface area contributed by atoms with Gasteiger partial charge < -0.3 is 10.1 Å². The summed E-state index contributed by atoms with van der Waals surface area (Å²) in [6.07, 6.45) is 1.78. The van der Waals surface area contributed by atoms with Gasteiger partial charge in [-0.25, -0.2) is 0 Å². The SMILES string of the molecule is Cc1ccc(N2C(=O)/C(=C/c3cccc(OCC(=O)Nc4ccc(C)c(Cl)c4)c3)SC2=S)cc1C. The third-order valence-electron chi connectivity index (χ3n) is 5.52. The molecule has 3 aromatic rings. The van der Waals surface area contributed by atoms with Gasteiger partial charge in [-0.05, 0) is 85.5 Å². The molecule has 0 radical (unpaired) electrons. The van der Waals surface area contributed by atoms with E-state index in [4.69, 9.17) is 28.6 Å². The summed E-state index contributed by atoms with van der Waals surface area (Å²) in [4.78, 5) is 27.5. The molecule has 1 N–H and O–H groups in total. The molecule has 3 aromatic carbocycles. The van der Waals surface area contributed by atoms with Gasteiger partial charge in [-0.1, -0.05) is 59.8 Å². The zero-order valence-electron chi connectivity index (χ0n) is 19.4. The van der Waals surface area contributed by atoms with E-state index in [9.17, 15) is 9.59 Å². The van der Waals surface area contributed by atoms with Gasteiger partial charge in [0.1, 0.15) is 5.75 Å². The Morgan fingerprint density at radius 2 is 1.83 bits per heavy atom. The number of anilines is 2. The molecule has 1 aliphatic rings. The monoisotopic (exact) mass is 522 g/mol. The highest BCUT2D eigenvalue weighted by atomic mass is 35.5. The number of carbonyl (C=O) groups excluding carboxylic acids is 2. The van der Waals surface area contributed by atoms with Crippen molar-refractivity contribution in [2.75, 3.05) is 16.8 Å². The van der Waals surface area contributed by atoms with E-state index in [-0.39, 0.29) is 18.4 Å². The normalized spacial score (nSPS) is 14.5. The van der Waals surface area contributed by atoms with Crippen LogP contribution in [0.3, 0.4) is 0 Å². The van der Waals surface area contributed by atoms with Gasteiger partial charge >= 0.3 is 0 Å². The van der Waals surface area contributed by atoms with Crippen molar-refractivity contribution in [1.29, 1.82) is 0 Å². The topological polar surface area (TPSA) is 58.6 Å². The number of nitrogens with zero attached hydrogens (tertiary/aromatic N) is 1. The van der Waals surface area contributed by atoms with E-state index < -0.39 is 0 Å². The van der Waals surface area contributed by atoms with Gasteiger partial charge in [-0.2, -0.15) is 0 Å². The highest BCUT2D eigenvalue weighted by Crippen LogP contribution is 2.36. The van der Waals surface area contributed by atoms with Gasteiger partial charge in [0.05, 0.1) is 10.6 Å². The van der Waals surface area contributed by atoms with E-state index in [1.54, 1.807) is 35.2 Å². The average Bonchev–Trinajstić information content (AvgIpc) is 3.09. The molecule has 178 valence electrons. The molecular formula is C27H23ClN2O3S2. The van der Waals surface area contributed by atoms with Crippen molar-refractivity contribution in [1.82, 2.24) is 0 Å². The Bertz CT molecular complexity index is 1370. The largest absolute Gasteiger partial charge is 0.484 e. The van der Waals surface area contributed by atoms with Crippen LogP contribution in [0, 0.1) is 20.8 Å². The number of amides is 2. The zero-order valence-corrected chi connectivity index (χ0v) is 21.8. The Kier molecular flexibility index (Phi) is 7.60. The van der Waals surface area contributed by atoms with Crippen LogP contribution in [0.15, 0.2) is 65.6 Å². The van der Waals surface area contributed by atoms with Crippen molar-refractivity contribution >= 4 is 69.2 Å². The molecule has 0 bridgehead atoms. The van der Waals surface area contributed by atoms with Crippen LogP contribution in [-0.2, 0) is 9.59 Å². The smallest absolute Gasteiger partial charge is 0.270 e. The van der Waals surface area contributed by atoms with E-state index in [1.807, 2.05) is 57.2 Å². The van der Waals surface area contributed by atoms with Crippen LogP contribution in [0.5, 0.6) is 5.75 Å². The van der Waals surface area contributed by atoms with Gasteiger partial charge in [0.15, 0.2) is 10.9 Å². The summed E-state index contributed by atoms with van der Waals surface area (Å²) < 4.78 is 6.15. The first kappa shape index (κ1) is 25.0. The zero-order chi connectivity index (χ0) is 25.1. The van der Waals surface area contributed by atoms with Crippen LogP contribution in [0.25, 0.3) is 6.08 Å². The summed E-state index contributed by atoms with van der Waals surface area (Å²) in [6, 6.07) is 18.4. The number of carbonyl (C=O) groups is 2. The highest BCUT2D eigenvalue weighted by molar-refractivity contribution is 8.27. The van der Waals surface area contributed by atoms with Crippen LogP contribution in [0.1, 0.15) is 22.3 Å². The number of aryl methyl sites for hydroxylation is 3. The maximum Gasteiger partial charge on any atom is 0.270 e. The Hall–Kier alpha value is -3.13. The second-order valence-corrected chi connectivity index (χ2v) is 10.2. The average molecular weight is 523 g/mol. The Morgan fingerprint density at radius 3 is 2.57 bits per heavy atom. The van der Waals surface area contributed by atoms with Crippen molar-refractivity contribution in [3.63, 3.8) is 0 Å². The number of benzene rings is 3. The fraction of sp³-hybridized carbons (Fsp3) is 0.148. The quantitative estimate of drug-likeness (QED) is 0.289. The van der Waals surface area contributed by atoms with E-state index in [2.05, 4.69) is 5.32 Å². The molecule has 5 nitrogen and oxygen atoms in total. The van der Waals surface area contributed by atoms with Crippen LogP contribution in [0.4, 0.5) is 11.4 Å². The first-order chi connectivity index (χ1) is 16.7. The minimum absolute atomic E-state index is 0.161. The maximum absolute atomic E-state index is 13.1. The molecule has 1 heterocycles. The second kappa shape index (κ2) is 10.6. The van der Waals surface area contributed by atoms with Gasteiger partial charge in [0.2, 0.25) is 0 Å². The number of nitrogens with one attached hydrogen (secondary N) is 1. The van der Waals surface area contributed by atoms with Crippen molar-refractivity contribution in [3.05, 3.63) is 92.8 Å². The summed E-state index contributed by atoms with van der Waals surface area (Å²) in [5.41, 5.74) is 5.32. The molecule has 1 fully saturated rings. The van der Waals surface area contributed by atoms with Gasteiger partial charge in [-0.3, -0.25) is 14.5 Å². The molecule has 0 unspecified atom stereocenters. The lowest BCUT2D eigenvalue weighted by atomic mass is 10.1. The fourth-order valence-electron chi connectivity index (χ4n) is 3.42. The molecule has 0 atom stereocenters.